The molecule has 2 rings (SSSR count). The molecule has 0 atom stereocenters. The summed E-state index contributed by atoms with van der Waals surface area (Å²) in [6, 6.07) is 7.92. The summed E-state index contributed by atoms with van der Waals surface area (Å²) in [5, 5.41) is 2.91. The van der Waals surface area contributed by atoms with Crippen LogP contribution in [0.5, 0.6) is 0 Å². The Balaban J connectivity index is 1.98. The van der Waals surface area contributed by atoms with Gasteiger partial charge >= 0.3 is 0 Å². The number of amides is 1. The van der Waals surface area contributed by atoms with Gasteiger partial charge < -0.3 is 10.1 Å². The average Bonchev–Trinajstić information content (AvgIpc) is 2.23. The number of aryl methyl sites for hydroxylation is 1. The summed E-state index contributed by atoms with van der Waals surface area (Å²) in [4.78, 5) is 11.7. The van der Waals surface area contributed by atoms with Crippen LogP contribution >= 0.6 is 0 Å². The van der Waals surface area contributed by atoms with Gasteiger partial charge in [0.05, 0.1) is 19.3 Å². The van der Waals surface area contributed by atoms with Crippen LogP contribution in [0.25, 0.3) is 0 Å². The lowest BCUT2D eigenvalue weighted by molar-refractivity contribution is -0.00346. The van der Waals surface area contributed by atoms with E-state index in [4.69, 9.17) is 4.74 Å². The van der Waals surface area contributed by atoms with Crippen molar-refractivity contribution in [1.29, 1.82) is 0 Å². The van der Waals surface area contributed by atoms with Gasteiger partial charge in [0.25, 0.3) is 5.91 Å². The third-order valence-electron chi connectivity index (χ3n) is 2.60. The first-order valence-electron chi connectivity index (χ1n) is 5.27. The fourth-order valence-electron chi connectivity index (χ4n) is 1.48. The Bertz CT molecular complexity index is 341. The predicted molar refractivity (Wildman–Crippen MR) is 57.9 cm³/mol. The van der Waals surface area contributed by atoms with E-state index in [9.17, 15) is 4.79 Å². The summed E-state index contributed by atoms with van der Waals surface area (Å²) in [5.41, 5.74) is 1.97. The lowest BCUT2D eigenvalue weighted by Crippen LogP contribution is -2.48. The lowest BCUT2D eigenvalue weighted by atomic mass is 10.1. The van der Waals surface area contributed by atoms with Crippen molar-refractivity contribution in [2.75, 3.05) is 13.2 Å². The zero-order valence-corrected chi connectivity index (χ0v) is 8.82. The van der Waals surface area contributed by atoms with Gasteiger partial charge in [-0.2, -0.15) is 0 Å². The first-order valence-corrected chi connectivity index (χ1v) is 5.27. The van der Waals surface area contributed by atoms with Gasteiger partial charge in [-0.05, 0) is 24.1 Å². The molecular weight excluding hydrogens is 190 g/mol. The van der Waals surface area contributed by atoms with Crippen LogP contribution in [0.3, 0.4) is 0 Å². The fraction of sp³-hybridized carbons (Fsp3) is 0.417. The Labute approximate surface area is 89.4 Å². The van der Waals surface area contributed by atoms with Gasteiger partial charge in [0, 0.05) is 5.56 Å². The van der Waals surface area contributed by atoms with E-state index in [0.717, 1.165) is 12.0 Å². The highest BCUT2D eigenvalue weighted by molar-refractivity contribution is 5.94. The zero-order chi connectivity index (χ0) is 10.7. The minimum absolute atomic E-state index is 0.00838. The first kappa shape index (κ1) is 10.2. The maximum atomic E-state index is 11.7. The van der Waals surface area contributed by atoms with E-state index in [1.807, 2.05) is 24.3 Å². The molecule has 3 nitrogen and oxygen atoms in total. The number of nitrogens with one attached hydrogen (secondary N) is 1. The van der Waals surface area contributed by atoms with Crippen molar-refractivity contribution in [2.45, 2.75) is 19.4 Å². The van der Waals surface area contributed by atoms with E-state index in [1.165, 1.54) is 5.56 Å². The second kappa shape index (κ2) is 4.45. The van der Waals surface area contributed by atoms with Crippen molar-refractivity contribution in [1.82, 2.24) is 5.32 Å². The molecule has 1 heterocycles. The van der Waals surface area contributed by atoms with Crippen LogP contribution in [0.2, 0.25) is 0 Å². The number of benzene rings is 1. The maximum absolute atomic E-state index is 11.7. The molecule has 0 spiro atoms. The van der Waals surface area contributed by atoms with Gasteiger partial charge in [-0.1, -0.05) is 19.1 Å². The Kier molecular flexibility index (Phi) is 3.02. The summed E-state index contributed by atoms with van der Waals surface area (Å²) < 4.78 is 4.99. The molecule has 0 saturated carbocycles. The summed E-state index contributed by atoms with van der Waals surface area (Å²) in [5.74, 6) is -0.00838. The van der Waals surface area contributed by atoms with Gasteiger partial charge in [0.15, 0.2) is 0 Å². The quantitative estimate of drug-likeness (QED) is 0.809. The van der Waals surface area contributed by atoms with Crippen molar-refractivity contribution in [3.63, 3.8) is 0 Å². The highest BCUT2D eigenvalue weighted by atomic mass is 16.5. The third kappa shape index (κ3) is 2.36. The van der Waals surface area contributed by atoms with Gasteiger partial charge in [-0.3, -0.25) is 4.79 Å². The van der Waals surface area contributed by atoms with Gasteiger partial charge in [-0.25, -0.2) is 0 Å². The monoisotopic (exact) mass is 205 g/mol. The van der Waals surface area contributed by atoms with Crippen LogP contribution in [-0.4, -0.2) is 25.2 Å². The van der Waals surface area contributed by atoms with Gasteiger partial charge in [0.2, 0.25) is 0 Å². The Morgan fingerprint density at radius 3 is 2.53 bits per heavy atom. The van der Waals surface area contributed by atoms with Crippen LogP contribution < -0.4 is 5.32 Å². The molecule has 0 radical (unpaired) electrons. The summed E-state index contributed by atoms with van der Waals surface area (Å²) in [6.45, 7) is 3.37. The minimum Gasteiger partial charge on any atom is -0.377 e. The number of rotatable bonds is 3. The summed E-state index contributed by atoms with van der Waals surface area (Å²) in [7, 11) is 0. The maximum Gasteiger partial charge on any atom is 0.251 e. The number of hydrogen-bond acceptors (Lipinski definition) is 2. The molecule has 1 N–H and O–H groups in total. The second-order valence-electron chi connectivity index (χ2n) is 3.76. The molecule has 1 amide bonds. The van der Waals surface area contributed by atoms with E-state index >= 15 is 0 Å². The van der Waals surface area contributed by atoms with Crippen molar-refractivity contribution < 1.29 is 9.53 Å². The molecule has 80 valence electrons. The van der Waals surface area contributed by atoms with E-state index in [0.29, 0.717) is 13.2 Å². The molecule has 3 heteroatoms. The molecule has 1 fully saturated rings. The van der Waals surface area contributed by atoms with Gasteiger partial charge in [-0.15, -0.1) is 0 Å². The largest absolute Gasteiger partial charge is 0.377 e. The fourth-order valence-corrected chi connectivity index (χ4v) is 1.48. The zero-order valence-electron chi connectivity index (χ0n) is 8.82. The topological polar surface area (TPSA) is 38.3 Å². The Hall–Kier alpha value is -1.35. The molecule has 1 aliphatic rings. The number of carbonyl (C=O) groups is 1. The highest BCUT2D eigenvalue weighted by Gasteiger charge is 2.20. The molecule has 1 aliphatic heterocycles. The van der Waals surface area contributed by atoms with Gasteiger partial charge in [0.1, 0.15) is 0 Å². The van der Waals surface area contributed by atoms with Crippen LogP contribution in [0.15, 0.2) is 24.3 Å². The number of carbonyl (C=O) groups excluding carboxylic acids is 1. The lowest BCUT2D eigenvalue weighted by Gasteiger charge is -2.26. The standard InChI is InChI=1S/C12H15NO2/c1-2-9-3-5-10(6-4-9)12(14)13-11-7-15-8-11/h3-6,11H,2,7-8H2,1H3,(H,13,14). The predicted octanol–water partition coefficient (Wildman–Crippen LogP) is 1.38. The van der Waals surface area contributed by atoms with Crippen LogP contribution in [0.1, 0.15) is 22.8 Å². The minimum atomic E-state index is -0.00838. The SMILES string of the molecule is CCc1ccc(C(=O)NC2COC2)cc1. The summed E-state index contributed by atoms with van der Waals surface area (Å²) >= 11 is 0. The third-order valence-corrected chi connectivity index (χ3v) is 2.60. The second-order valence-corrected chi connectivity index (χ2v) is 3.76. The molecule has 1 aromatic rings. The molecule has 0 unspecified atom stereocenters. The molecule has 1 saturated heterocycles. The normalized spacial score (nSPS) is 15.8. The van der Waals surface area contributed by atoms with Crippen molar-refractivity contribution in [3.05, 3.63) is 35.4 Å². The molecule has 0 aromatic heterocycles. The first-order chi connectivity index (χ1) is 7.29. The Morgan fingerprint density at radius 1 is 1.40 bits per heavy atom. The smallest absolute Gasteiger partial charge is 0.251 e. The van der Waals surface area contributed by atoms with Crippen molar-refractivity contribution in [2.24, 2.45) is 0 Å². The van der Waals surface area contributed by atoms with E-state index < -0.39 is 0 Å². The highest BCUT2D eigenvalue weighted by Crippen LogP contribution is 2.07. The summed E-state index contributed by atoms with van der Waals surface area (Å²) in [6.07, 6.45) is 0.998. The number of hydrogen-bond donors (Lipinski definition) is 1. The molecular formula is C12H15NO2. The molecule has 1 aromatic carbocycles. The van der Waals surface area contributed by atoms with Crippen molar-refractivity contribution in [3.8, 4) is 0 Å². The van der Waals surface area contributed by atoms with Crippen molar-refractivity contribution >= 4 is 5.91 Å². The number of ether oxygens (including phenoxy) is 1. The van der Waals surface area contributed by atoms with Crippen LogP contribution in [-0.2, 0) is 11.2 Å². The molecule has 0 aliphatic carbocycles. The van der Waals surface area contributed by atoms with Crippen LogP contribution in [0.4, 0.5) is 0 Å². The van der Waals surface area contributed by atoms with E-state index in [1.54, 1.807) is 0 Å². The van der Waals surface area contributed by atoms with E-state index in [2.05, 4.69) is 12.2 Å². The van der Waals surface area contributed by atoms with Crippen LogP contribution in [0, 0.1) is 0 Å². The molecule has 15 heavy (non-hydrogen) atoms. The van der Waals surface area contributed by atoms with E-state index in [-0.39, 0.29) is 11.9 Å². The molecule has 0 bridgehead atoms. The average molecular weight is 205 g/mol. The Morgan fingerprint density at radius 2 is 2.07 bits per heavy atom.